The van der Waals surface area contributed by atoms with Crippen molar-refractivity contribution in [3.63, 3.8) is 0 Å². The molecule has 0 fully saturated rings. The molecular formula is C12H13BrN4OS. The minimum atomic E-state index is -0.240. The molecule has 0 aliphatic heterocycles. The van der Waals surface area contributed by atoms with Gasteiger partial charge in [0.25, 0.3) is 5.91 Å². The van der Waals surface area contributed by atoms with Gasteiger partial charge in [-0.2, -0.15) is 0 Å². The van der Waals surface area contributed by atoms with E-state index in [2.05, 4.69) is 36.8 Å². The Hall–Kier alpha value is -1.47. The number of anilines is 2. The van der Waals surface area contributed by atoms with Crippen LogP contribution in [0, 0.1) is 0 Å². The number of nitrogens with one attached hydrogen (secondary N) is 2. The van der Waals surface area contributed by atoms with Gasteiger partial charge in [0.05, 0.1) is 0 Å². The van der Waals surface area contributed by atoms with Crippen LogP contribution in [0.25, 0.3) is 0 Å². The Morgan fingerprint density at radius 2 is 2.21 bits per heavy atom. The highest BCUT2D eigenvalue weighted by molar-refractivity contribution is 9.10. The van der Waals surface area contributed by atoms with Crippen molar-refractivity contribution in [2.45, 2.75) is 13.3 Å². The number of aryl methyl sites for hydroxylation is 1. The van der Waals surface area contributed by atoms with Crippen molar-refractivity contribution in [3.05, 3.63) is 33.2 Å². The minimum absolute atomic E-state index is 0.240. The zero-order valence-electron chi connectivity index (χ0n) is 10.5. The van der Waals surface area contributed by atoms with E-state index in [1.807, 2.05) is 25.1 Å². The fraction of sp³-hybridized carbons (Fsp3) is 0.250. The first kappa shape index (κ1) is 14.0. The highest BCUT2D eigenvalue weighted by atomic mass is 79.9. The molecule has 1 aromatic heterocycles. The molecule has 1 amide bonds. The lowest BCUT2D eigenvalue weighted by Gasteiger charge is -2.08. The lowest BCUT2D eigenvalue weighted by molar-refractivity contribution is 0.102. The Labute approximate surface area is 123 Å². The average Bonchev–Trinajstić information content (AvgIpc) is 2.89. The van der Waals surface area contributed by atoms with Crippen LogP contribution >= 0.6 is 27.3 Å². The maximum Gasteiger partial charge on any atom is 0.286 e. The number of nitrogens with zero attached hydrogens (tertiary/aromatic N) is 2. The van der Waals surface area contributed by atoms with E-state index < -0.39 is 0 Å². The fourth-order valence-corrected chi connectivity index (χ4v) is 2.57. The standard InChI is InChI=1S/C12H13BrN4OS/c1-3-7-6-8(13)4-5-9(7)15-10(18)11-16-17-12(14-2)19-11/h4-6H,3H2,1-2H3,(H,14,17)(H,15,18). The predicted octanol–water partition coefficient (Wildman–Crippen LogP) is 3.16. The summed E-state index contributed by atoms with van der Waals surface area (Å²) in [4.78, 5) is 12.1. The maximum absolute atomic E-state index is 12.1. The van der Waals surface area contributed by atoms with E-state index in [-0.39, 0.29) is 5.91 Å². The fourth-order valence-electron chi connectivity index (χ4n) is 1.57. The van der Waals surface area contributed by atoms with Gasteiger partial charge in [-0.25, -0.2) is 0 Å². The van der Waals surface area contributed by atoms with Crippen LogP contribution in [-0.2, 0) is 6.42 Å². The van der Waals surface area contributed by atoms with Crippen molar-refractivity contribution in [1.29, 1.82) is 0 Å². The second kappa shape index (κ2) is 6.12. The van der Waals surface area contributed by atoms with Crippen molar-refractivity contribution >= 4 is 44.0 Å². The van der Waals surface area contributed by atoms with Crippen molar-refractivity contribution in [3.8, 4) is 0 Å². The van der Waals surface area contributed by atoms with Crippen LogP contribution in [0.4, 0.5) is 10.8 Å². The number of carbonyl (C=O) groups excluding carboxylic acids is 1. The first-order valence-electron chi connectivity index (χ1n) is 5.75. The lowest BCUT2D eigenvalue weighted by atomic mass is 10.1. The molecule has 2 rings (SSSR count). The largest absolute Gasteiger partial charge is 0.363 e. The number of benzene rings is 1. The van der Waals surface area contributed by atoms with Crippen LogP contribution in [0.2, 0.25) is 0 Å². The number of aromatic nitrogens is 2. The molecule has 0 saturated carbocycles. The van der Waals surface area contributed by atoms with E-state index in [4.69, 9.17) is 0 Å². The third-order valence-electron chi connectivity index (χ3n) is 2.53. The van der Waals surface area contributed by atoms with E-state index in [1.165, 1.54) is 11.3 Å². The average molecular weight is 341 g/mol. The second-order valence-electron chi connectivity index (χ2n) is 3.77. The van der Waals surface area contributed by atoms with Crippen LogP contribution in [0.3, 0.4) is 0 Å². The maximum atomic E-state index is 12.1. The molecule has 0 aliphatic carbocycles. The minimum Gasteiger partial charge on any atom is -0.363 e. The van der Waals surface area contributed by atoms with E-state index >= 15 is 0 Å². The summed E-state index contributed by atoms with van der Waals surface area (Å²) in [7, 11) is 1.74. The number of halogens is 1. The molecule has 100 valence electrons. The van der Waals surface area contributed by atoms with Crippen LogP contribution in [0.1, 0.15) is 22.3 Å². The first-order valence-corrected chi connectivity index (χ1v) is 7.36. The van der Waals surface area contributed by atoms with Crippen LogP contribution in [0.15, 0.2) is 22.7 Å². The molecule has 1 heterocycles. The summed E-state index contributed by atoms with van der Waals surface area (Å²) < 4.78 is 0.996. The molecule has 2 aromatic rings. The summed E-state index contributed by atoms with van der Waals surface area (Å²) in [5, 5.41) is 14.4. The van der Waals surface area contributed by atoms with Crippen molar-refractivity contribution < 1.29 is 4.79 Å². The molecule has 2 N–H and O–H groups in total. The molecule has 1 aromatic carbocycles. The molecule has 0 saturated heterocycles. The Kier molecular flexibility index (Phi) is 4.49. The molecule has 19 heavy (non-hydrogen) atoms. The van der Waals surface area contributed by atoms with Crippen molar-refractivity contribution in [2.75, 3.05) is 17.7 Å². The molecule has 0 aliphatic rings. The number of hydrogen-bond acceptors (Lipinski definition) is 5. The van der Waals surface area contributed by atoms with E-state index in [9.17, 15) is 4.79 Å². The second-order valence-corrected chi connectivity index (χ2v) is 5.66. The molecule has 0 bridgehead atoms. The number of carbonyl (C=O) groups is 1. The Bertz CT molecular complexity index is 599. The quantitative estimate of drug-likeness (QED) is 0.897. The van der Waals surface area contributed by atoms with Gasteiger partial charge in [0.1, 0.15) is 0 Å². The Morgan fingerprint density at radius 3 is 2.84 bits per heavy atom. The molecule has 0 spiro atoms. The molecule has 0 atom stereocenters. The summed E-state index contributed by atoms with van der Waals surface area (Å²) in [6.45, 7) is 2.04. The van der Waals surface area contributed by atoms with E-state index in [0.29, 0.717) is 10.1 Å². The summed E-state index contributed by atoms with van der Waals surface area (Å²) in [6, 6.07) is 5.77. The normalized spacial score (nSPS) is 10.3. The summed E-state index contributed by atoms with van der Waals surface area (Å²) >= 11 is 4.64. The monoisotopic (exact) mass is 340 g/mol. The van der Waals surface area contributed by atoms with Gasteiger partial charge >= 0.3 is 0 Å². The van der Waals surface area contributed by atoms with Crippen LogP contribution in [0.5, 0.6) is 0 Å². The predicted molar refractivity (Wildman–Crippen MR) is 80.9 cm³/mol. The third kappa shape index (κ3) is 3.30. The smallest absolute Gasteiger partial charge is 0.286 e. The summed E-state index contributed by atoms with van der Waals surface area (Å²) in [5.41, 5.74) is 1.87. The van der Waals surface area contributed by atoms with Crippen molar-refractivity contribution in [2.24, 2.45) is 0 Å². The van der Waals surface area contributed by atoms with Gasteiger partial charge in [0, 0.05) is 17.2 Å². The zero-order valence-corrected chi connectivity index (χ0v) is 12.9. The number of rotatable bonds is 4. The topological polar surface area (TPSA) is 66.9 Å². The lowest BCUT2D eigenvalue weighted by Crippen LogP contribution is -2.13. The number of amides is 1. The highest BCUT2D eigenvalue weighted by Gasteiger charge is 2.14. The molecule has 0 radical (unpaired) electrons. The van der Waals surface area contributed by atoms with E-state index in [0.717, 1.165) is 22.1 Å². The van der Waals surface area contributed by atoms with Gasteiger partial charge in [-0.05, 0) is 30.2 Å². The van der Waals surface area contributed by atoms with Gasteiger partial charge in [0.15, 0.2) is 0 Å². The van der Waals surface area contributed by atoms with Gasteiger partial charge in [-0.3, -0.25) is 4.79 Å². The molecular weight excluding hydrogens is 328 g/mol. The van der Waals surface area contributed by atoms with Gasteiger partial charge in [-0.15, -0.1) is 10.2 Å². The summed E-state index contributed by atoms with van der Waals surface area (Å²) in [5.74, 6) is -0.240. The van der Waals surface area contributed by atoms with Gasteiger partial charge < -0.3 is 10.6 Å². The summed E-state index contributed by atoms with van der Waals surface area (Å²) in [6.07, 6.45) is 0.840. The highest BCUT2D eigenvalue weighted by Crippen LogP contribution is 2.23. The zero-order chi connectivity index (χ0) is 13.8. The SMILES string of the molecule is CCc1cc(Br)ccc1NC(=O)c1nnc(NC)s1. The van der Waals surface area contributed by atoms with Crippen molar-refractivity contribution in [1.82, 2.24) is 10.2 Å². The number of hydrogen-bond donors (Lipinski definition) is 2. The Morgan fingerprint density at radius 1 is 1.42 bits per heavy atom. The van der Waals surface area contributed by atoms with E-state index in [1.54, 1.807) is 7.05 Å². The molecule has 7 heteroatoms. The molecule has 5 nitrogen and oxygen atoms in total. The van der Waals surface area contributed by atoms with Crippen LogP contribution in [-0.4, -0.2) is 23.2 Å². The van der Waals surface area contributed by atoms with Gasteiger partial charge in [-0.1, -0.05) is 34.2 Å². The third-order valence-corrected chi connectivity index (χ3v) is 3.96. The van der Waals surface area contributed by atoms with Crippen LogP contribution < -0.4 is 10.6 Å². The first-order chi connectivity index (χ1) is 9.13. The molecule has 0 unspecified atom stereocenters. The Balaban J connectivity index is 2.18. The van der Waals surface area contributed by atoms with Gasteiger partial charge in [0.2, 0.25) is 10.1 Å².